The maximum Gasteiger partial charge on any atom is 0.345 e. The lowest BCUT2D eigenvalue weighted by molar-refractivity contribution is -0.151. The molecule has 128 valence electrons. The summed E-state index contributed by atoms with van der Waals surface area (Å²) in [5, 5.41) is 9.07. The van der Waals surface area contributed by atoms with Gasteiger partial charge in [0.1, 0.15) is 17.9 Å². The van der Waals surface area contributed by atoms with Crippen LogP contribution in [0.4, 0.5) is 0 Å². The molecule has 3 unspecified atom stereocenters. The second-order valence-electron chi connectivity index (χ2n) is 5.55. The summed E-state index contributed by atoms with van der Waals surface area (Å²) in [5.41, 5.74) is 5.66. The molecule has 8 nitrogen and oxygen atoms in total. The molecule has 1 aliphatic rings. The van der Waals surface area contributed by atoms with E-state index in [1.54, 1.807) is 0 Å². The second-order valence-corrected chi connectivity index (χ2v) is 7.55. The zero-order valence-electron chi connectivity index (χ0n) is 13.0. The Kier molecular flexibility index (Phi) is 6.99. The highest BCUT2D eigenvalue weighted by Gasteiger charge is 2.39. The number of nitrogens with zero attached hydrogens (tertiary/aromatic N) is 1. The van der Waals surface area contributed by atoms with Crippen LogP contribution < -0.4 is 5.73 Å². The van der Waals surface area contributed by atoms with Gasteiger partial charge in [0.15, 0.2) is 0 Å². The highest BCUT2D eigenvalue weighted by molar-refractivity contribution is 7.53. The number of carbonyl (C=O) groups excluding carboxylic acids is 1. The van der Waals surface area contributed by atoms with E-state index in [4.69, 9.17) is 15.4 Å². The van der Waals surface area contributed by atoms with Crippen LogP contribution in [0.2, 0.25) is 0 Å². The summed E-state index contributed by atoms with van der Waals surface area (Å²) >= 11 is 0. The molecule has 0 aromatic carbocycles. The third-order valence-corrected chi connectivity index (χ3v) is 5.47. The van der Waals surface area contributed by atoms with E-state index in [1.165, 1.54) is 11.8 Å². The van der Waals surface area contributed by atoms with Crippen LogP contribution in [0.1, 0.15) is 46.0 Å². The topological polar surface area (TPSA) is 130 Å². The third kappa shape index (κ3) is 4.78. The summed E-state index contributed by atoms with van der Waals surface area (Å²) < 4.78 is 17.1. The number of rotatable bonds is 8. The van der Waals surface area contributed by atoms with Gasteiger partial charge in [-0.3, -0.25) is 13.9 Å². The summed E-state index contributed by atoms with van der Waals surface area (Å²) in [6, 6.07) is -0.898. The largest absolute Gasteiger partial charge is 0.480 e. The minimum Gasteiger partial charge on any atom is -0.480 e. The summed E-state index contributed by atoms with van der Waals surface area (Å²) in [6.45, 7) is 3.58. The van der Waals surface area contributed by atoms with E-state index in [9.17, 15) is 19.0 Å². The quantitative estimate of drug-likeness (QED) is 0.566. The van der Waals surface area contributed by atoms with Gasteiger partial charge in [-0.2, -0.15) is 0 Å². The molecule has 1 aliphatic heterocycles. The first kappa shape index (κ1) is 19.1. The van der Waals surface area contributed by atoms with E-state index >= 15 is 0 Å². The summed E-state index contributed by atoms with van der Waals surface area (Å²) in [6.07, 6.45) is 1.60. The van der Waals surface area contributed by atoms with Gasteiger partial charge >= 0.3 is 13.6 Å². The zero-order chi connectivity index (χ0) is 16.9. The molecule has 9 heteroatoms. The molecule has 1 amide bonds. The van der Waals surface area contributed by atoms with Crippen molar-refractivity contribution in [3.8, 4) is 0 Å². The van der Waals surface area contributed by atoms with Crippen LogP contribution in [0.5, 0.6) is 0 Å². The van der Waals surface area contributed by atoms with Crippen LogP contribution >= 0.6 is 7.60 Å². The Morgan fingerprint density at radius 1 is 1.50 bits per heavy atom. The van der Waals surface area contributed by atoms with E-state index in [0.29, 0.717) is 32.2 Å². The van der Waals surface area contributed by atoms with Gasteiger partial charge < -0.3 is 20.6 Å². The maximum atomic E-state index is 12.2. The van der Waals surface area contributed by atoms with Gasteiger partial charge in [0.05, 0.1) is 0 Å². The Labute approximate surface area is 130 Å². The van der Waals surface area contributed by atoms with Crippen LogP contribution in [-0.4, -0.2) is 51.2 Å². The lowest BCUT2D eigenvalue weighted by Gasteiger charge is -2.27. The Balaban J connectivity index is 2.67. The van der Waals surface area contributed by atoms with E-state index in [2.05, 4.69) is 0 Å². The molecule has 0 bridgehead atoms. The number of carbonyl (C=O) groups is 2. The average molecular weight is 336 g/mol. The molecule has 0 radical (unpaired) electrons. The van der Waals surface area contributed by atoms with Crippen molar-refractivity contribution in [2.24, 2.45) is 5.73 Å². The number of aliphatic carboxylic acids is 1. The number of amides is 1. The fourth-order valence-corrected chi connectivity index (χ4v) is 3.66. The summed E-state index contributed by atoms with van der Waals surface area (Å²) in [7, 11) is -4.12. The summed E-state index contributed by atoms with van der Waals surface area (Å²) in [4.78, 5) is 34.4. The smallest absolute Gasteiger partial charge is 0.345 e. The third-order valence-electron chi connectivity index (χ3n) is 3.75. The van der Waals surface area contributed by atoms with Crippen molar-refractivity contribution in [2.45, 2.75) is 63.9 Å². The lowest BCUT2D eigenvalue weighted by Crippen LogP contribution is -2.45. The normalized spacial score (nSPS) is 23.8. The molecule has 1 fully saturated rings. The van der Waals surface area contributed by atoms with Crippen LogP contribution in [0.25, 0.3) is 0 Å². The first-order valence-electron chi connectivity index (χ1n) is 7.50. The molecule has 0 saturated carbocycles. The lowest BCUT2D eigenvalue weighted by atomic mass is 10.2. The highest BCUT2D eigenvalue weighted by atomic mass is 31.2. The molecule has 0 aromatic heterocycles. The number of carboxylic acid groups (broad SMARTS) is 1. The van der Waals surface area contributed by atoms with Gasteiger partial charge in [0, 0.05) is 6.54 Å². The van der Waals surface area contributed by atoms with Crippen LogP contribution in [0, 0.1) is 0 Å². The second kappa shape index (κ2) is 8.06. The molecule has 22 heavy (non-hydrogen) atoms. The molecule has 4 N–H and O–H groups in total. The van der Waals surface area contributed by atoms with Crippen molar-refractivity contribution in [2.75, 3.05) is 6.54 Å². The van der Waals surface area contributed by atoms with Crippen molar-refractivity contribution >= 4 is 19.5 Å². The summed E-state index contributed by atoms with van der Waals surface area (Å²) in [5.74, 6) is -2.72. The maximum absolute atomic E-state index is 12.2. The van der Waals surface area contributed by atoms with Gasteiger partial charge in [-0.1, -0.05) is 19.8 Å². The van der Waals surface area contributed by atoms with E-state index in [1.807, 2.05) is 6.92 Å². The fraction of sp³-hybridized carbons (Fsp3) is 0.846. The van der Waals surface area contributed by atoms with E-state index < -0.39 is 37.4 Å². The van der Waals surface area contributed by atoms with E-state index in [-0.39, 0.29) is 0 Å². The van der Waals surface area contributed by atoms with Crippen molar-refractivity contribution in [3.05, 3.63) is 0 Å². The van der Waals surface area contributed by atoms with Crippen molar-refractivity contribution in [1.29, 1.82) is 0 Å². The van der Waals surface area contributed by atoms with E-state index in [0.717, 1.165) is 6.42 Å². The van der Waals surface area contributed by atoms with Crippen LogP contribution in [-0.2, 0) is 18.7 Å². The number of carboxylic acids is 1. The SMILES string of the molecule is CCCCC(N)P(=O)(O)OC(C)C(=O)N1CCC[C@H]1C(=O)O. The molecule has 0 aromatic rings. The number of likely N-dealkylation sites (tertiary alicyclic amines) is 1. The molecule has 1 rings (SSSR count). The first-order valence-corrected chi connectivity index (χ1v) is 9.15. The Bertz CT molecular complexity index is 458. The first-order chi connectivity index (χ1) is 10.2. The standard InChI is InChI=1S/C13H25N2O6P/c1-3-4-7-11(14)22(19,20)21-9(2)12(16)15-8-5-6-10(15)13(17)18/h9-11H,3-8,14H2,1-2H3,(H,17,18)(H,19,20)/t9?,10-,11?/m0/s1. The molecule has 1 saturated heterocycles. The van der Waals surface area contributed by atoms with Crippen molar-refractivity contribution in [3.63, 3.8) is 0 Å². The predicted molar refractivity (Wildman–Crippen MR) is 80.2 cm³/mol. The number of hydrogen-bond acceptors (Lipinski definition) is 5. The predicted octanol–water partition coefficient (Wildman–Crippen LogP) is 1.13. The van der Waals surface area contributed by atoms with Gasteiger partial charge in [-0.15, -0.1) is 0 Å². The minimum absolute atomic E-state index is 0.307. The van der Waals surface area contributed by atoms with Gasteiger partial charge in [-0.25, -0.2) is 4.79 Å². The number of hydrogen-bond donors (Lipinski definition) is 3. The Morgan fingerprint density at radius 3 is 2.68 bits per heavy atom. The van der Waals surface area contributed by atoms with Crippen LogP contribution in [0.3, 0.4) is 0 Å². The average Bonchev–Trinajstić information content (AvgIpc) is 2.92. The molecule has 1 heterocycles. The molecule has 0 spiro atoms. The van der Waals surface area contributed by atoms with Gasteiger partial charge in [0.25, 0.3) is 5.91 Å². The molecular weight excluding hydrogens is 311 g/mol. The molecular formula is C13H25N2O6P. The Morgan fingerprint density at radius 2 is 2.14 bits per heavy atom. The highest BCUT2D eigenvalue weighted by Crippen LogP contribution is 2.48. The fourth-order valence-electron chi connectivity index (χ4n) is 2.45. The van der Waals surface area contributed by atoms with Gasteiger partial charge in [0.2, 0.25) is 0 Å². The number of unbranched alkanes of at least 4 members (excludes halogenated alkanes) is 1. The molecule has 4 atom stereocenters. The van der Waals surface area contributed by atoms with Gasteiger partial charge in [-0.05, 0) is 26.2 Å². The monoisotopic (exact) mass is 336 g/mol. The van der Waals surface area contributed by atoms with Crippen molar-refractivity contribution in [1.82, 2.24) is 4.90 Å². The molecule has 0 aliphatic carbocycles. The van der Waals surface area contributed by atoms with Crippen molar-refractivity contribution < 1.29 is 28.7 Å². The minimum atomic E-state index is -4.12. The van der Waals surface area contributed by atoms with Crippen LogP contribution in [0.15, 0.2) is 0 Å². The zero-order valence-corrected chi connectivity index (χ0v) is 13.9. The Hall–Kier alpha value is -0.950. The number of nitrogens with two attached hydrogens (primary N) is 1.